The van der Waals surface area contributed by atoms with Gasteiger partial charge in [0.25, 0.3) is 5.91 Å². The van der Waals surface area contributed by atoms with Gasteiger partial charge in [0.15, 0.2) is 0 Å². The SMILES string of the molecule is COc1cncc(C(NC(=O)c2cccn2C)C2CC(O)C2)c1. The summed E-state index contributed by atoms with van der Waals surface area (Å²) < 4.78 is 7.01. The summed E-state index contributed by atoms with van der Waals surface area (Å²) in [6, 6.07) is 5.31. The lowest BCUT2D eigenvalue weighted by atomic mass is 9.75. The lowest BCUT2D eigenvalue weighted by Gasteiger charge is -2.38. The molecule has 0 aliphatic heterocycles. The van der Waals surface area contributed by atoms with Crippen LogP contribution in [0.15, 0.2) is 36.8 Å². The molecule has 0 radical (unpaired) electrons. The first-order valence-corrected chi connectivity index (χ1v) is 7.67. The first-order valence-electron chi connectivity index (χ1n) is 7.67. The van der Waals surface area contributed by atoms with E-state index >= 15 is 0 Å². The van der Waals surface area contributed by atoms with Crippen LogP contribution in [0, 0.1) is 5.92 Å². The Hall–Kier alpha value is -2.34. The highest BCUT2D eigenvalue weighted by Gasteiger charge is 2.36. The molecule has 1 aliphatic carbocycles. The number of pyridine rings is 1. The fourth-order valence-corrected chi connectivity index (χ4v) is 3.00. The summed E-state index contributed by atoms with van der Waals surface area (Å²) in [5.41, 5.74) is 1.49. The topological polar surface area (TPSA) is 76.4 Å². The van der Waals surface area contributed by atoms with E-state index in [0.717, 1.165) is 5.56 Å². The van der Waals surface area contributed by atoms with Gasteiger partial charge in [0.05, 0.1) is 25.5 Å². The summed E-state index contributed by atoms with van der Waals surface area (Å²) in [4.78, 5) is 16.7. The zero-order valence-electron chi connectivity index (χ0n) is 13.3. The third-order valence-electron chi connectivity index (χ3n) is 4.41. The van der Waals surface area contributed by atoms with E-state index in [0.29, 0.717) is 24.3 Å². The van der Waals surface area contributed by atoms with Crippen LogP contribution in [-0.2, 0) is 7.05 Å². The van der Waals surface area contributed by atoms with Gasteiger partial charge in [-0.1, -0.05) is 0 Å². The molecule has 6 nitrogen and oxygen atoms in total. The lowest BCUT2D eigenvalue weighted by Crippen LogP contribution is -2.41. The summed E-state index contributed by atoms with van der Waals surface area (Å²) in [6.45, 7) is 0. The Labute approximate surface area is 135 Å². The summed E-state index contributed by atoms with van der Waals surface area (Å²) >= 11 is 0. The Morgan fingerprint density at radius 3 is 2.87 bits per heavy atom. The molecule has 122 valence electrons. The molecule has 2 aromatic rings. The van der Waals surface area contributed by atoms with E-state index in [-0.39, 0.29) is 24.0 Å². The second kappa shape index (κ2) is 6.42. The summed E-state index contributed by atoms with van der Waals surface area (Å²) in [7, 11) is 3.43. The van der Waals surface area contributed by atoms with Crippen molar-refractivity contribution in [2.24, 2.45) is 13.0 Å². The molecule has 2 N–H and O–H groups in total. The van der Waals surface area contributed by atoms with Gasteiger partial charge in [-0.25, -0.2) is 0 Å². The van der Waals surface area contributed by atoms with E-state index in [2.05, 4.69) is 10.3 Å². The predicted octanol–water partition coefficient (Wildman–Crippen LogP) is 1.67. The third kappa shape index (κ3) is 3.22. The van der Waals surface area contributed by atoms with E-state index < -0.39 is 0 Å². The van der Waals surface area contributed by atoms with Crippen molar-refractivity contribution in [3.63, 3.8) is 0 Å². The normalized spacial score (nSPS) is 21.3. The minimum Gasteiger partial charge on any atom is -0.495 e. The maximum atomic E-state index is 12.5. The van der Waals surface area contributed by atoms with Crippen LogP contribution in [0.4, 0.5) is 0 Å². The number of aryl methyl sites for hydroxylation is 1. The smallest absolute Gasteiger partial charge is 0.268 e. The fraction of sp³-hybridized carbons (Fsp3) is 0.412. The van der Waals surface area contributed by atoms with Crippen LogP contribution in [0.3, 0.4) is 0 Å². The second-order valence-electron chi connectivity index (χ2n) is 6.00. The number of hydrogen-bond acceptors (Lipinski definition) is 4. The number of rotatable bonds is 5. The van der Waals surface area contributed by atoms with E-state index in [1.807, 2.05) is 25.4 Å². The largest absolute Gasteiger partial charge is 0.495 e. The van der Waals surface area contributed by atoms with Crippen LogP contribution in [0.25, 0.3) is 0 Å². The molecule has 2 aromatic heterocycles. The fourth-order valence-electron chi connectivity index (χ4n) is 3.00. The molecule has 0 spiro atoms. The average Bonchev–Trinajstić information content (AvgIpc) is 2.96. The van der Waals surface area contributed by atoms with Crippen LogP contribution in [-0.4, -0.2) is 33.8 Å². The van der Waals surface area contributed by atoms with Gasteiger partial charge in [-0.05, 0) is 42.5 Å². The molecule has 1 unspecified atom stereocenters. The molecule has 0 saturated heterocycles. The highest BCUT2D eigenvalue weighted by Crippen LogP contribution is 2.38. The molecule has 23 heavy (non-hydrogen) atoms. The van der Waals surface area contributed by atoms with E-state index in [1.54, 1.807) is 30.1 Å². The second-order valence-corrected chi connectivity index (χ2v) is 6.00. The van der Waals surface area contributed by atoms with Crippen LogP contribution >= 0.6 is 0 Å². The molecule has 0 aromatic carbocycles. The molecule has 3 rings (SSSR count). The molecule has 1 fully saturated rings. The van der Waals surface area contributed by atoms with E-state index in [9.17, 15) is 9.90 Å². The standard InChI is InChI=1S/C17H21N3O3/c1-20-5-3-4-15(20)17(22)19-16(11-6-13(21)7-11)12-8-14(23-2)10-18-9-12/h3-5,8-11,13,16,21H,6-7H2,1-2H3,(H,19,22). The van der Waals surface area contributed by atoms with Gasteiger partial charge in [0.2, 0.25) is 0 Å². The Morgan fingerprint density at radius 1 is 1.48 bits per heavy atom. The van der Waals surface area contributed by atoms with Crippen molar-refractivity contribution in [3.05, 3.63) is 48.0 Å². The van der Waals surface area contributed by atoms with Crippen molar-refractivity contribution in [1.82, 2.24) is 14.9 Å². The molecule has 2 heterocycles. The number of aromatic nitrogens is 2. The number of carbonyl (C=O) groups excluding carboxylic acids is 1. The number of aliphatic hydroxyl groups excluding tert-OH is 1. The first kappa shape index (κ1) is 15.6. The van der Waals surface area contributed by atoms with Crippen molar-refractivity contribution in [3.8, 4) is 5.75 Å². The zero-order valence-corrected chi connectivity index (χ0v) is 13.3. The molecule has 1 saturated carbocycles. The molecule has 6 heteroatoms. The van der Waals surface area contributed by atoms with Crippen molar-refractivity contribution in [2.45, 2.75) is 25.0 Å². The number of ether oxygens (including phenoxy) is 1. The van der Waals surface area contributed by atoms with Crippen molar-refractivity contribution >= 4 is 5.91 Å². The quantitative estimate of drug-likeness (QED) is 0.880. The first-order chi connectivity index (χ1) is 11.1. The van der Waals surface area contributed by atoms with Crippen molar-refractivity contribution in [1.29, 1.82) is 0 Å². The Balaban J connectivity index is 1.84. The summed E-state index contributed by atoms with van der Waals surface area (Å²) in [5.74, 6) is 0.718. The number of aliphatic hydroxyl groups is 1. The number of carbonyl (C=O) groups is 1. The monoisotopic (exact) mass is 315 g/mol. The van der Waals surface area contributed by atoms with E-state index in [1.165, 1.54) is 0 Å². The lowest BCUT2D eigenvalue weighted by molar-refractivity contribution is 0.0233. The van der Waals surface area contributed by atoms with Crippen LogP contribution in [0.2, 0.25) is 0 Å². The third-order valence-corrected chi connectivity index (χ3v) is 4.41. The van der Waals surface area contributed by atoms with Gasteiger partial charge in [0, 0.05) is 19.4 Å². The zero-order chi connectivity index (χ0) is 16.4. The summed E-state index contributed by atoms with van der Waals surface area (Å²) in [6.07, 6.45) is 6.28. The van der Waals surface area contributed by atoms with Crippen LogP contribution in [0.1, 0.15) is 34.9 Å². The maximum absolute atomic E-state index is 12.5. The van der Waals surface area contributed by atoms with Gasteiger partial charge in [-0.15, -0.1) is 0 Å². The van der Waals surface area contributed by atoms with E-state index in [4.69, 9.17) is 4.74 Å². The highest BCUT2D eigenvalue weighted by atomic mass is 16.5. The number of methoxy groups -OCH3 is 1. The number of hydrogen-bond donors (Lipinski definition) is 2. The van der Waals surface area contributed by atoms with Gasteiger partial charge in [-0.3, -0.25) is 9.78 Å². The molecule has 1 atom stereocenters. The molecular formula is C17H21N3O3. The molecule has 1 aliphatic rings. The molecule has 0 bridgehead atoms. The Kier molecular flexibility index (Phi) is 4.34. The van der Waals surface area contributed by atoms with Crippen molar-refractivity contribution in [2.75, 3.05) is 7.11 Å². The van der Waals surface area contributed by atoms with Gasteiger partial charge in [-0.2, -0.15) is 0 Å². The van der Waals surface area contributed by atoms with Gasteiger partial charge >= 0.3 is 0 Å². The van der Waals surface area contributed by atoms with Crippen molar-refractivity contribution < 1.29 is 14.6 Å². The van der Waals surface area contributed by atoms with Crippen LogP contribution < -0.4 is 10.1 Å². The maximum Gasteiger partial charge on any atom is 0.268 e. The average molecular weight is 315 g/mol. The summed E-state index contributed by atoms with van der Waals surface area (Å²) in [5, 5.41) is 12.7. The van der Waals surface area contributed by atoms with Gasteiger partial charge < -0.3 is 19.7 Å². The highest BCUT2D eigenvalue weighted by molar-refractivity contribution is 5.93. The molecular weight excluding hydrogens is 294 g/mol. The Bertz CT molecular complexity index is 692. The number of amides is 1. The van der Waals surface area contributed by atoms with Gasteiger partial charge in [0.1, 0.15) is 11.4 Å². The number of nitrogens with one attached hydrogen (secondary N) is 1. The predicted molar refractivity (Wildman–Crippen MR) is 85.1 cm³/mol. The molecule has 1 amide bonds. The minimum atomic E-state index is -0.284. The minimum absolute atomic E-state index is 0.133. The van der Waals surface area contributed by atoms with Crippen LogP contribution in [0.5, 0.6) is 5.75 Å². The Morgan fingerprint density at radius 2 is 2.26 bits per heavy atom. The number of nitrogens with zero attached hydrogens (tertiary/aromatic N) is 2.